The quantitative estimate of drug-likeness (QED) is 0.828. The van der Waals surface area contributed by atoms with Crippen molar-refractivity contribution in [2.75, 3.05) is 13.1 Å². The standard InChI is InChI=1S/C10H13ClN2O2/c1-7-6-8(2-3-9(7)11)15-10(14)13-5-4-12/h2-3,6H,4-5,12H2,1H3,(H,13,14). The maximum Gasteiger partial charge on any atom is 0.412 e. The van der Waals surface area contributed by atoms with Gasteiger partial charge in [-0.1, -0.05) is 11.6 Å². The molecule has 0 spiro atoms. The molecule has 0 aliphatic rings. The van der Waals surface area contributed by atoms with Crippen LogP contribution in [0.1, 0.15) is 5.56 Å². The lowest BCUT2D eigenvalue weighted by Gasteiger charge is -2.06. The van der Waals surface area contributed by atoms with E-state index < -0.39 is 6.09 Å². The van der Waals surface area contributed by atoms with Crippen LogP contribution in [-0.2, 0) is 0 Å². The van der Waals surface area contributed by atoms with Crippen LogP contribution < -0.4 is 15.8 Å². The van der Waals surface area contributed by atoms with Crippen molar-refractivity contribution in [2.45, 2.75) is 6.92 Å². The lowest BCUT2D eigenvalue weighted by Crippen LogP contribution is -2.31. The highest BCUT2D eigenvalue weighted by Gasteiger charge is 2.04. The Morgan fingerprint density at radius 2 is 2.33 bits per heavy atom. The lowest BCUT2D eigenvalue weighted by atomic mass is 10.2. The van der Waals surface area contributed by atoms with Crippen LogP contribution in [0.3, 0.4) is 0 Å². The summed E-state index contributed by atoms with van der Waals surface area (Å²) in [7, 11) is 0. The molecule has 0 saturated carbocycles. The Morgan fingerprint density at radius 3 is 2.93 bits per heavy atom. The largest absolute Gasteiger partial charge is 0.412 e. The van der Waals surface area contributed by atoms with Crippen LogP contribution in [0.4, 0.5) is 4.79 Å². The van der Waals surface area contributed by atoms with Gasteiger partial charge in [0.2, 0.25) is 0 Å². The van der Waals surface area contributed by atoms with Crippen molar-refractivity contribution in [3.8, 4) is 5.75 Å². The molecule has 82 valence electrons. The first kappa shape index (κ1) is 11.8. The number of rotatable bonds is 3. The zero-order valence-corrected chi connectivity index (χ0v) is 9.17. The van der Waals surface area contributed by atoms with Gasteiger partial charge in [-0.05, 0) is 30.7 Å². The van der Waals surface area contributed by atoms with E-state index in [1.807, 2.05) is 6.92 Å². The summed E-state index contributed by atoms with van der Waals surface area (Å²) < 4.78 is 4.99. The predicted molar refractivity (Wildman–Crippen MR) is 59.3 cm³/mol. The third kappa shape index (κ3) is 3.77. The Labute approximate surface area is 93.4 Å². The minimum atomic E-state index is -0.512. The maximum atomic E-state index is 11.1. The molecule has 0 saturated heterocycles. The molecule has 1 aromatic rings. The number of amides is 1. The van der Waals surface area contributed by atoms with E-state index >= 15 is 0 Å². The Kier molecular flexibility index (Phi) is 4.39. The third-order valence-electron chi connectivity index (χ3n) is 1.75. The summed E-state index contributed by atoms with van der Waals surface area (Å²) in [6.07, 6.45) is -0.512. The molecule has 0 heterocycles. The summed E-state index contributed by atoms with van der Waals surface area (Å²) in [6.45, 7) is 2.62. The Hall–Kier alpha value is -1.26. The summed E-state index contributed by atoms with van der Waals surface area (Å²) in [5, 5.41) is 3.14. The monoisotopic (exact) mass is 228 g/mol. The fourth-order valence-electron chi connectivity index (χ4n) is 0.998. The minimum Gasteiger partial charge on any atom is -0.410 e. The van der Waals surface area contributed by atoms with Gasteiger partial charge in [0.05, 0.1) is 0 Å². The summed E-state index contributed by atoms with van der Waals surface area (Å²) in [5.74, 6) is 0.464. The van der Waals surface area contributed by atoms with Crippen LogP contribution >= 0.6 is 11.6 Å². The second kappa shape index (κ2) is 5.58. The van der Waals surface area contributed by atoms with Gasteiger partial charge in [0, 0.05) is 18.1 Å². The number of halogens is 1. The van der Waals surface area contributed by atoms with Crippen LogP contribution in [0.25, 0.3) is 0 Å². The first-order chi connectivity index (χ1) is 7.13. The summed E-state index contributed by atoms with van der Waals surface area (Å²) in [6, 6.07) is 5.02. The van der Waals surface area contributed by atoms with Crippen molar-refractivity contribution in [1.82, 2.24) is 5.32 Å². The van der Waals surface area contributed by atoms with Crippen LogP contribution in [0.5, 0.6) is 5.75 Å². The van der Waals surface area contributed by atoms with Crippen LogP contribution in [0.15, 0.2) is 18.2 Å². The van der Waals surface area contributed by atoms with Crippen molar-refractivity contribution in [1.29, 1.82) is 0 Å². The van der Waals surface area contributed by atoms with Crippen LogP contribution in [0, 0.1) is 6.92 Å². The van der Waals surface area contributed by atoms with Crippen LogP contribution in [0.2, 0.25) is 5.02 Å². The van der Waals surface area contributed by atoms with E-state index in [0.717, 1.165) is 5.56 Å². The second-order valence-corrected chi connectivity index (χ2v) is 3.42. The molecule has 0 aliphatic heterocycles. The average molecular weight is 229 g/mol. The summed E-state index contributed by atoms with van der Waals surface area (Å²) >= 11 is 5.83. The SMILES string of the molecule is Cc1cc(OC(=O)NCCN)ccc1Cl. The zero-order valence-electron chi connectivity index (χ0n) is 8.42. The number of carbonyl (C=O) groups excluding carboxylic acids is 1. The van der Waals surface area contributed by atoms with Gasteiger partial charge < -0.3 is 15.8 Å². The molecular weight excluding hydrogens is 216 g/mol. The van der Waals surface area contributed by atoms with Crippen molar-refractivity contribution < 1.29 is 9.53 Å². The molecular formula is C10H13ClN2O2. The van der Waals surface area contributed by atoms with Gasteiger partial charge in [-0.3, -0.25) is 0 Å². The summed E-state index contributed by atoms with van der Waals surface area (Å²) in [4.78, 5) is 11.1. The Morgan fingerprint density at radius 1 is 1.60 bits per heavy atom. The number of aryl methyl sites for hydroxylation is 1. The molecule has 1 aromatic carbocycles. The van der Waals surface area contributed by atoms with Crippen molar-refractivity contribution in [3.05, 3.63) is 28.8 Å². The molecule has 0 fully saturated rings. The topological polar surface area (TPSA) is 64.3 Å². The van der Waals surface area contributed by atoms with E-state index in [4.69, 9.17) is 22.1 Å². The Balaban J connectivity index is 2.57. The molecule has 0 atom stereocenters. The van der Waals surface area contributed by atoms with E-state index in [9.17, 15) is 4.79 Å². The number of nitrogens with one attached hydrogen (secondary N) is 1. The van der Waals surface area contributed by atoms with E-state index in [2.05, 4.69) is 5.32 Å². The lowest BCUT2D eigenvalue weighted by molar-refractivity contribution is 0.201. The zero-order chi connectivity index (χ0) is 11.3. The molecule has 0 aromatic heterocycles. The molecule has 4 nitrogen and oxygen atoms in total. The van der Waals surface area contributed by atoms with Gasteiger partial charge in [-0.2, -0.15) is 0 Å². The van der Waals surface area contributed by atoms with Crippen molar-refractivity contribution >= 4 is 17.7 Å². The van der Waals surface area contributed by atoms with Gasteiger partial charge in [0.1, 0.15) is 5.75 Å². The number of benzene rings is 1. The van der Waals surface area contributed by atoms with E-state index in [-0.39, 0.29) is 0 Å². The second-order valence-electron chi connectivity index (χ2n) is 3.02. The number of ether oxygens (including phenoxy) is 1. The first-order valence-corrected chi connectivity index (χ1v) is 4.93. The molecule has 0 bridgehead atoms. The van der Waals surface area contributed by atoms with Gasteiger partial charge >= 0.3 is 6.09 Å². The predicted octanol–water partition coefficient (Wildman–Crippen LogP) is 1.70. The van der Waals surface area contributed by atoms with Gasteiger partial charge in [-0.15, -0.1) is 0 Å². The van der Waals surface area contributed by atoms with Crippen molar-refractivity contribution in [2.24, 2.45) is 5.73 Å². The molecule has 1 amide bonds. The fraction of sp³-hybridized carbons (Fsp3) is 0.300. The maximum absolute atomic E-state index is 11.1. The van der Waals surface area contributed by atoms with E-state index in [1.165, 1.54) is 0 Å². The normalized spacial score (nSPS) is 9.80. The molecule has 0 aliphatic carbocycles. The van der Waals surface area contributed by atoms with Crippen molar-refractivity contribution in [3.63, 3.8) is 0 Å². The molecule has 3 N–H and O–H groups in total. The smallest absolute Gasteiger partial charge is 0.410 e. The molecule has 1 rings (SSSR count). The molecule has 5 heteroatoms. The highest BCUT2D eigenvalue weighted by atomic mass is 35.5. The molecule has 15 heavy (non-hydrogen) atoms. The number of hydrogen-bond donors (Lipinski definition) is 2. The first-order valence-electron chi connectivity index (χ1n) is 4.55. The Bertz CT molecular complexity index is 355. The van der Waals surface area contributed by atoms with E-state index in [0.29, 0.717) is 23.9 Å². The van der Waals surface area contributed by atoms with Crippen LogP contribution in [-0.4, -0.2) is 19.2 Å². The third-order valence-corrected chi connectivity index (χ3v) is 2.18. The van der Waals surface area contributed by atoms with E-state index in [1.54, 1.807) is 18.2 Å². The number of carbonyl (C=O) groups is 1. The fourth-order valence-corrected chi connectivity index (χ4v) is 1.12. The highest BCUT2D eigenvalue weighted by molar-refractivity contribution is 6.31. The van der Waals surface area contributed by atoms with Gasteiger partial charge in [-0.25, -0.2) is 4.79 Å². The van der Waals surface area contributed by atoms with Gasteiger partial charge in [0.15, 0.2) is 0 Å². The van der Waals surface area contributed by atoms with Gasteiger partial charge in [0.25, 0.3) is 0 Å². The average Bonchev–Trinajstić information content (AvgIpc) is 2.20. The molecule has 0 radical (unpaired) electrons. The minimum absolute atomic E-state index is 0.384. The molecule has 0 unspecified atom stereocenters. The number of nitrogens with two attached hydrogens (primary N) is 1. The highest BCUT2D eigenvalue weighted by Crippen LogP contribution is 2.20. The number of hydrogen-bond acceptors (Lipinski definition) is 3. The summed E-state index contributed by atoms with van der Waals surface area (Å²) in [5.41, 5.74) is 6.09.